The molecule has 3 rings (SSSR count). The second-order valence-electron chi connectivity index (χ2n) is 7.44. The molecule has 1 unspecified atom stereocenters. The number of unbranched alkanes of at least 4 members (excludes halogenated alkanes) is 1. The molecule has 0 amide bonds. The Morgan fingerprint density at radius 3 is 2.38 bits per heavy atom. The normalized spacial score (nSPS) is 16.8. The van der Waals surface area contributed by atoms with Crippen LogP contribution >= 0.6 is 0 Å². The van der Waals surface area contributed by atoms with E-state index in [1.165, 1.54) is 40.7 Å². The molecule has 0 aliphatic heterocycles. The number of allylic oxidation sites excluding steroid dienone is 1. The molecule has 0 radical (unpaired) electrons. The average Bonchev–Trinajstić information content (AvgIpc) is 2.90. The highest BCUT2D eigenvalue weighted by Gasteiger charge is 2.30. The number of fused-ring (bicyclic) bond motifs is 1. The largest absolute Gasteiger partial charge is 0.308 e. The fourth-order valence-electron chi connectivity index (χ4n) is 3.88. The molecule has 0 saturated carbocycles. The lowest BCUT2D eigenvalue weighted by Crippen LogP contribution is -2.38. The zero-order valence-corrected chi connectivity index (χ0v) is 15.4. The van der Waals surface area contributed by atoms with E-state index in [2.05, 4.69) is 87.6 Å². The van der Waals surface area contributed by atoms with E-state index in [0.29, 0.717) is 5.92 Å². The molecule has 0 aromatic heterocycles. The number of nitrogens with one attached hydrogen (secondary N) is 1. The first kappa shape index (κ1) is 17.0. The van der Waals surface area contributed by atoms with Crippen LogP contribution in [0.2, 0.25) is 0 Å². The maximum Gasteiger partial charge on any atom is 0.0380 e. The van der Waals surface area contributed by atoms with Crippen LogP contribution < -0.4 is 5.32 Å². The van der Waals surface area contributed by atoms with Crippen molar-refractivity contribution in [1.29, 1.82) is 0 Å². The van der Waals surface area contributed by atoms with Crippen LogP contribution in [0, 0.1) is 0 Å². The van der Waals surface area contributed by atoms with Crippen molar-refractivity contribution in [2.24, 2.45) is 0 Å². The predicted molar refractivity (Wildman–Crippen MR) is 104 cm³/mol. The predicted octanol–water partition coefficient (Wildman–Crippen LogP) is 5.86. The fraction of sp³-hybridized carbons (Fsp3) is 0.391. The molecule has 2 aromatic rings. The maximum absolute atomic E-state index is 3.76. The third kappa shape index (κ3) is 3.18. The summed E-state index contributed by atoms with van der Waals surface area (Å²) in [6.07, 6.45) is 4.79. The highest BCUT2D eigenvalue weighted by molar-refractivity contribution is 5.69. The van der Waals surface area contributed by atoms with Crippen LogP contribution in [0.3, 0.4) is 0 Å². The Bertz CT molecular complexity index is 739. The van der Waals surface area contributed by atoms with Crippen molar-refractivity contribution in [3.05, 3.63) is 76.4 Å². The summed E-state index contributed by atoms with van der Waals surface area (Å²) in [6, 6.07) is 17.7. The van der Waals surface area contributed by atoms with Crippen LogP contribution in [-0.2, 0) is 5.54 Å². The van der Waals surface area contributed by atoms with E-state index in [0.717, 1.165) is 6.54 Å². The van der Waals surface area contributed by atoms with Crippen LogP contribution in [0.1, 0.15) is 68.7 Å². The van der Waals surface area contributed by atoms with Gasteiger partial charge in [-0.25, -0.2) is 0 Å². The fourth-order valence-corrected chi connectivity index (χ4v) is 3.88. The molecular weight excluding hydrogens is 290 g/mol. The van der Waals surface area contributed by atoms with E-state index in [1.54, 1.807) is 0 Å². The summed E-state index contributed by atoms with van der Waals surface area (Å²) in [5.74, 6) is 0.379. The monoisotopic (exact) mass is 319 g/mol. The number of rotatable bonds is 6. The summed E-state index contributed by atoms with van der Waals surface area (Å²) in [6.45, 7) is 10.2. The summed E-state index contributed by atoms with van der Waals surface area (Å²) in [4.78, 5) is 0. The van der Waals surface area contributed by atoms with Gasteiger partial charge in [0.1, 0.15) is 0 Å². The Morgan fingerprint density at radius 2 is 1.62 bits per heavy atom. The van der Waals surface area contributed by atoms with Gasteiger partial charge in [-0.05, 0) is 56.0 Å². The summed E-state index contributed by atoms with van der Waals surface area (Å²) < 4.78 is 0. The SMILES string of the molecule is CCCCNC(C)(C)c1ccccc1C1C(C)=Cc2ccccc21. The first-order valence-corrected chi connectivity index (χ1v) is 9.16. The molecule has 0 spiro atoms. The van der Waals surface area contributed by atoms with E-state index >= 15 is 0 Å². The van der Waals surface area contributed by atoms with Gasteiger partial charge in [0.25, 0.3) is 0 Å². The Labute approximate surface area is 146 Å². The van der Waals surface area contributed by atoms with E-state index < -0.39 is 0 Å². The molecule has 1 atom stereocenters. The summed E-state index contributed by atoms with van der Waals surface area (Å²) >= 11 is 0. The molecule has 2 aromatic carbocycles. The van der Waals surface area contributed by atoms with E-state index in [-0.39, 0.29) is 5.54 Å². The van der Waals surface area contributed by atoms with Gasteiger partial charge in [-0.2, -0.15) is 0 Å². The standard InChI is InChI=1S/C23H29N/c1-5-6-15-24-23(3,4)21-14-10-9-13-20(21)22-17(2)16-18-11-7-8-12-19(18)22/h7-14,16,22,24H,5-6,15H2,1-4H3. The Hall–Kier alpha value is -1.86. The highest BCUT2D eigenvalue weighted by atomic mass is 14.9. The van der Waals surface area contributed by atoms with Crippen molar-refractivity contribution in [3.63, 3.8) is 0 Å². The number of benzene rings is 2. The molecule has 1 heteroatoms. The van der Waals surface area contributed by atoms with Crippen LogP contribution in [-0.4, -0.2) is 6.54 Å². The Morgan fingerprint density at radius 1 is 0.958 bits per heavy atom. The van der Waals surface area contributed by atoms with Crippen LogP contribution in [0.4, 0.5) is 0 Å². The molecule has 1 nitrogen and oxygen atoms in total. The maximum atomic E-state index is 3.76. The summed E-state index contributed by atoms with van der Waals surface area (Å²) in [5.41, 5.74) is 7.07. The summed E-state index contributed by atoms with van der Waals surface area (Å²) in [7, 11) is 0. The lowest BCUT2D eigenvalue weighted by Gasteiger charge is -2.32. The molecule has 0 heterocycles. The molecule has 24 heavy (non-hydrogen) atoms. The van der Waals surface area contributed by atoms with Crippen molar-refractivity contribution < 1.29 is 0 Å². The van der Waals surface area contributed by atoms with Gasteiger partial charge in [0.15, 0.2) is 0 Å². The van der Waals surface area contributed by atoms with Crippen LogP contribution in [0.5, 0.6) is 0 Å². The average molecular weight is 319 g/mol. The Balaban J connectivity index is 2.00. The van der Waals surface area contributed by atoms with E-state index in [1.807, 2.05) is 0 Å². The topological polar surface area (TPSA) is 12.0 Å². The third-order valence-electron chi connectivity index (χ3n) is 5.19. The Kier molecular flexibility index (Phi) is 4.91. The van der Waals surface area contributed by atoms with Gasteiger partial charge in [0.2, 0.25) is 0 Å². The van der Waals surface area contributed by atoms with Crippen molar-refractivity contribution >= 4 is 6.08 Å². The van der Waals surface area contributed by atoms with Gasteiger partial charge >= 0.3 is 0 Å². The molecule has 1 aliphatic rings. The molecule has 0 saturated heterocycles. The quantitative estimate of drug-likeness (QED) is 0.657. The van der Waals surface area contributed by atoms with Crippen molar-refractivity contribution in [2.75, 3.05) is 6.54 Å². The molecular formula is C23H29N. The second kappa shape index (κ2) is 6.94. The van der Waals surface area contributed by atoms with E-state index in [4.69, 9.17) is 0 Å². The van der Waals surface area contributed by atoms with Crippen molar-refractivity contribution in [3.8, 4) is 0 Å². The van der Waals surface area contributed by atoms with Crippen LogP contribution in [0.25, 0.3) is 6.08 Å². The van der Waals surface area contributed by atoms with Crippen molar-refractivity contribution in [2.45, 2.75) is 52.0 Å². The molecule has 1 N–H and O–H groups in total. The van der Waals surface area contributed by atoms with Gasteiger partial charge in [-0.3, -0.25) is 0 Å². The third-order valence-corrected chi connectivity index (χ3v) is 5.19. The van der Waals surface area contributed by atoms with Gasteiger partial charge < -0.3 is 5.32 Å². The zero-order chi connectivity index (χ0) is 17.2. The molecule has 1 aliphatic carbocycles. The second-order valence-corrected chi connectivity index (χ2v) is 7.44. The van der Waals surface area contributed by atoms with Gasteiger partial charge in [-0.15, -0.1) is 0 Å². The minimum absolute atomic E-state index is 0.0242. The minimum atomic E-state index is -0.0242. The highest BCUT2D eigenvalue weighted by Crippen LogP contribution is 2.43. The minimum Gasteiger partial charge on any atom is -0.308 e. The van der Waals surface area contributed by atoms with Gasteiger partial charge in [-0.1, -0.05) is 73.5 Å². The van der Waals surface area contributed by atoms with Gasteiger partial charge in [0.05, 0.1) is 0 Å². The molecule has 0 bridgehead atoms. The number of hydrogen-bond acceptors (Lipinski definition) is 1. The smallest absolute Gasteiger partial charge is 0.0380 e. The lowest BCUT2D eigenvalue weighted by molar-refractivity contribution is 0.396. The summed E-state index contributed by atoms with van der Waals surface area (Å²) in [5, 5.41) is 3.76. The molecule has 126 valence electrons. The zero-order valence-electron chi connectivity index (χ0n) is 15.4. The van der Waals surface area contributed by atoms with Crippen LogP contribution in [0.15, 0.2) is 54.1 Å². The lowest BCUT2D eigenvalue weighted by atomic mass is 9.80. The van der Waals surface area contributed by atoms with Gasteiger partial charge in [0, 0.05) is 11.5 Å². The first-order chi connectivity index (χ1) is 11.5. The number of hydrogen-bond donors (Lipinski definition) is 1. The van der Waals surface area contributed by atoms with Crippen molar-refractivity contribution in [1.82, 2.24) is 5.32 Å². The molecule has 0 fully saturated rings. The van der Waals surface area contributed by atoms with E-state index in [9.17, 15) is 0 Å². The first-order valence-electron chi connectivity index (χ1n) is 9.16.